The van der Waals surface area contributed by atoms with Gasteiger partial charge < -0.3 is 9.90 Å². The Hall–Kier alpha value is -2.37. The number of carbonyl (C=O) groups excluding carboxylic acids is 1. The standard InChI is InChI=1S/C11H10N2O4/c1-12-8-5-3-2-4-7(8)10(16)13(11(12)17)6-9(14)15/h2-5H,6H2,1H3,(H,14,15)/p-1. The van der Waals surface area contributed by atoms with Gasteiger partial charge in [-0.2, -0.15) is 0 Å². The summed E-state index contributed by atoms with van der Waals surface area (Å²) < 4.78 is 1.89. The maximum atomic E-state index is 11.9. The van der Waals surface area contributed by atoms with Crippen molar-refractivity contribution in [2.75, 3.05) is 0 Å². The summed E-state index contributed by atoms with van der Waals surface area (Å²) in [5.74, 6) is -1.47. The third-order valence-electron chi connectivity index (χ3n) is 2.55. The van der Waals surface area contributed by atoms with Gasteiger partial charge in [-0.25, -0.2) is 4.79 Å². The number of aliphatic carboxylic acids is 1. The van der Waals surface area contributed by atoms with E-state index in [9.17, 15) is 19.5 Å². The van der Waals surface area contributed by atoms with Gasteiger partial charge in [-0.3, -0.25) is 13.9 Å². The molecule has 2 aromatic rings. The minimum Gasteiger partial charge on any atom is -0.548 e. The highest BCUT2D eigenvalue weighted by molar-refractivity contribution is 5.78. The molecule has 0 aliphatic heterocycles. The van der Waals surface area contributed by atoms with Crippen LogP contribution in [0.25, 0.3) is 10.9 Å². The maximum absolute atomic E-state index is 11.9. The summed E-state index contributed by atoms with van der Waals surface area (Å²) in [7, 11) is 1.48. The smallest absolute Gasteiger partial charge is 0.331 e. The number of aromatic nitrogens is 2. The minimum absolute atomic E-state index is 0.302. The first-order chi connectivity index (χ1) is 8.02. The van der Waals surface area contributed by atoms with Crippen molar-refractivity contribution in [2.45, 2.75) is 6.54 Å². The molecule has 0 saturated heterocycles. The van der Waals surface area contributed by atoms with Crippen LogP contribution in [0, 0.1) is 0 Å². The molecule has 0 spiro atoms. The van der Waals surface area contributed by atoms with Crippen molar-refractivity contribution in [3.8, 4) is 0 Å². The van der Waals surface area contributed by atoms with Crippen LogP contribution in [0.5, 0.6) is 0 Å². The lowest BCUT2D eigenvalue weighted by Crippen LogP contribution is -2.43. The minimum atomic E-state index is -1.47. The number of hydrogen-bond acceptors (Lipinski definition) is 4. The van der Waals surface area contributed by atoms with E-state index in [4.69, 9.17) is 0 Å². The van der Waals surface area contributed by atoms with Gasteiger partial charge in [0.1, 0.15) is 0 Å². The first-order valence-electron chi connectivity index (χ1n) is 4.91. The van der Waals surface area contributed by atoms with Crippen molar-refractivity contribution in [1.29, 1.82) is 0 Å². The van der Waals surface area contributed by atoms with Gasteiger partial charge in [0.05, 0.1) is 23.4 Å². The fraction of sp³-hybridized carbons (Fsp3) is 0.182. The summed E-state index contributed by atoms with van der Waals surface area (Å²) >= 11 is 0. The molecule has 0 amide bonds. The molecule has 0 bridgehead atoms. The van der Waals surface area contributed by atoms with Crippen LogP contribution in [0.1, 0.15) is 0 Å². The highest BCUT2D eigenvalue weighted by Crippen LogP contribution is 2.05. The second kappa shape index (κ2) is 3.89. The van der Waals surface area contributed by atoms with Crippen molar-refractivity contribution < 1.29 is 9.90 Å². The second-order valence-corrected chi connectivity index (χ2v) is 3.62. The summed E-state index contributed by atoms with van der Waals surface area (Å²) in [5, 5.41) is 10.8. The molecule has 0 aliphatic rings. The van der Waals surface area contributed by atoms with E-state index in [1.54, 1.807) is 24.3 Å². The quantitative estimate of drug-likeness (QED) is 0.628. The second-order valence-electron chi connectivity index (χ2n) is 3.62. The number of carboxylic acids is 1. The zero-order valence-corrected chi connectivity index (χ0v) is 9.04. The third-order valence-corrected chi connectivity index (χ3v) is 2.55. The number of benzene rings is 1. The van der Waals surface area contributed by atoms with Crippen LogP contribution in [-0.2, 0) is 18.4 Å². The number of hydrogen-bond donors (Lipinski definition) is 0. The predicted molar refractivity (Wildman–Crippen MR) is 58.5 cm³/mol. The van der Waals surface area contributed by atoms with Crippen molar-refractivity contribution in [1.82, 2.24) is 9.13 Å². The van der Waals surface area contributed by atoms with Crippen LogP contribution in [0.4, 0.5) is 0 Å². The van der Waals surface area contributed by atoms with E-state index in [0.29, 0.717) is 15.5 Å². The fourth-order valence-electron chi connectivity index (χ4n) is 1.73. The van der Waals surface area contributed by atoms with Crippen LogP contribution in [0.3, 0.4) is 0 Å². The third kappa shape index (κ3) is 1.73. The highest BCUT2D eigenvalue weighted by atomic mass is 16.4. The lowest BCUT2D eigenvalue weighted by atomic mass is 10.2. The van der Waals surface area contributed by atoms with E-state index in [0.717, 1.165) is 0 Å². The lowest BCUT2D eigenvalue weighted by Gasteiger charge is -2.10. The van der Waals surface area contributed by atoms with Crippen molar-refractivity contribution >= 4 is 16.9 Å². The Morgan fingerprint density at radius 1 is 1.29 bits per heavy atom. The molecule has 6 heteroatoms. The first kappa shape index (κ1) is 11.1. The number of fused-ring (bicyclic) bond motifs is 1. The van der Waals surface area contributed by atoms with E-state index < -0.39 is 23.8 Å². The Morgan fingerprint density at radius 3 is 2.59 bits per heavy atom. The van der Waals surface area contributed by atoms with E-state index >= 15 is 0 Å². The Balaban J connectivity index is 2.92. The molecular weight excluding hydrogens is 224 g/mol. The van der Waals surface area contributed by atoms with Gasteiger partial charge in [-0.15, -0.1) is 0 Å². The zero-order valence-electron chi connectivity index (χ0n) is 9.04. The van der Waals surface area contributed by atoms with Crippen LogP contribution in [0.2, 0.25) is 0 Å². The number of carboxylic acid groups (broad SMARTS) is 1. The molecule has 0 unspecified atom stereocenters. The summed E-state index contributed by atoms with van der Waals surface area (Å²) in [6.07, 6.45) is 0. The number of rotatable bonds is 2. The molecule has 2 rings (SSSR count). The Bertz CT molecular complexity index is 711. The molecule has 0 radical (unpaired) electrons. The summed E-state index contributed by atoms with van der Waals surface area (Å²) in [6.45, 7) is -0.740. The monoisotopic (exact) mass is 233 g/mol. The summed E-state index contributed by atoms with van der Waals surface area (Å²) in [5.41, 5.74) is -0.817. The number of aryl methyl sites for hydroxylation is 1. The Morgan fingerprint density at radius 2 is 1.94 bits per heavy atom. The van der Waals surface area contributed by atoms with Gasteiger partial charge in [-0.05, 0) is 12.1 Å². The van der Waals surface area contributed by atoms with Crippen molar-refractivity contribution in [3.63, 3.8) is 0 Å². The molecule has 1 aromatic heterocycles. The molecule has 1 aromatic carbocycles. The predicted octanol–water partition coefficient (Wildman–Crippen LogP) is -1.55. The average molecular weight is 233 g/mol. The topological polar surface area (TPSA) is 84.1 Å². The summed E-state index contributed by atoms with van der Waals surface area (Å²) in [6, 6.07) is 6.52. The van der Waals surface area contributed by atoms with Gasteiger partial charge in [0.15, 0.2) is 0 Å². The molecule has 0 atom stereocenters. The Labute approximate surface area is 95.3 Å². The van der Waals surface area contributed by atoms with E-state index in [-0.39, 0.29) is 0 Å². The lowest BCUT2D eigenvalue weighted by molar-refractivity contribution is -0.306. The molecular formula is C11H9N2O4-. The maximum Gasteiger partial charge on any atom is 0.331 e. The molecule has 6 nitrogen and oxygen atoms in total. The molecule has 17 heavy (non-hydrogen) atoms. The van der Waals surface area contributed by atoms with Gasteiger partial charge in [0, 0.05) is 7.05 Å². The van der Waals surface area contributed by atoms with Crippen molar-refractivity contribution in [3.05, 3.63) is 45.1 Å². The normalized spacial score (nSPS) is 10.6. The number of carbonyl (C=O) groups is 1. The average Bonchev–Trinajstić information content (AvgIpc) is 2.31. The van der Waals surface area contributed by atoms with Gasteiger partial charge in [0.2, 0.25) is 0 Å². The number of para-hydroxylation sites is 1. The fourth-order valence-corrected chi connectivity index (χ4v) is 1.73. The Kier molecular flexibility index (Phi) is 2.55. The van der Waals surface area contributed by atoms with Crippen LogP contribution in [-0.4, -0.2) is 15.1 Å². The molecule has 0 saturated carbocycles. The largest absolute Gasteiger partial charge is 0.548 e. The van der Waals surface area contributed by atoms with Crippen LogP contribution in [0.15, 0.2) is 33.9 Å². The van der Waals surface area contributed by atoms with Gasteiger partial charge in [-0.1, -0.05) is 12.1 Å². The molecule has 0 aliphatic carbocycles. The van der Waals surface area contributed by atoms with E-state index in [2.05, 4.69) is 0 Å². The van der Waals surface area contributed by atoms with Gasteiger partial charge >= 0.3 is 5.69 Å². The molecule has 0 N–H and O–H groups in total. The van der Waals surface area contributed by atoms with E-state index in [1.807, 2.05) is 0 Å². The van der Waals surface area contributed by atoms with Gasteiger partial charge in [0.25, 0.3) is 5.56 Å². The van der Waals surface area contributed by atoms with Crippen LogP contribution < -0.4 is 16.4 Å². The highest BCUT2D eigenvalue weighted by Gasteiger charge is 2.09. The van der Waals surface area contributed by atoms with E-state index in [1.165, 1.54) is 11.6 Å². The molecule has 0 fully saturated rings. The zero-order chi connectivity index (χ0) is 12.6. The SMILES string of the molecule is Cn1c(=O)n(CC(=O)[O-])c(=O)c2ccccc21. The van der Waals surface area contributed by atoms with Crippen LogP contribution >= 0.6 is 0 Å². The number of nitrogens with zero attached hydrogens (tertiary/aromatic N) is 2. The summed E-state index contributed by atoms with van der Waals surface area (Å²) in [4.78, 5) is 34.2. The first-order valence-corrected chi connectivity index (χ1v) is 4.91. The molecule has 88 valence electrons. The molecule has 1 heterocycles. The van der Waals surface area contributed by atoms with Crippen molar-refractivity contribution in [2.24, 2.45) is 7.05 Å².